The predicted octanol–water partition coefficient (Wildman–Crippen LogP) is 3.22. The molecule has 1 amide bonds. The van der Waals surface area contributed by atoms with Crippen LogP contribution >= 0.6 is 0 Å². The van der Waals surface area contributed by atoms with Gasteiger partial charge in [0, 0.05) is 0 Å². The fourth-order valence-electron chi connectivity index (χ4n) is 2.57. The third-order valence-corrected chi connectivity index (χ3v) is 4.22. The lowest BCUT2D eigenvalue weighted by atomic mass is 10.2. The van der Waals surface area contributed by atoms with Crippen LogP contribution in [0.25, 0.3) is 0 Å². The molecule has 0 saturated heterocycles. The number of para-hydroxylation sites is 2. The van der Waals surface area contributed by atoms with Crippen molar-refractivity contribution in [1.82, 2.24) is 0 Å². The largest absolute Gasteiger partial charge is 0.495 e. The standard InChI is InChI=1S/C23H27NO8/c1-4-5-12-30-22(26)15-32-23(27)16-10-11-19(20(13-16)29-3)31-14-21(25)24-17-8-6-7-9-18(17)28-2/h6-11,13H,4-5,12,14-15H2,1-3H3,(H,24,25). The number of carbonyl (C=O) groups excluding carboxylic acids is 3. The summed E-state index contributed by atoms with van der Waals surface area (Å²) in [4.78, 5) is 36.0. The number of ether oxygens (including phenoxy) is 5. The van der Waals surface area contributed by atoms with E-state index in [0.717, 1.165) is 12.8 Å². The molecule has 0 unspecified atom stereocenters. The zero-order valence-electron chi connectivity index (χ0n) is 18.3. The average Bonchev–Trinajstić information content (AvgIpc) is 2.81. The fourth-order valence-corrected chi connectivity index (χ4v) is 2.57. The Morgan fingerprint density at radius 1 is 0.875 bits per heavy atom. The lowest BCUT2D eigenvalue weighted by Crippen LogP contribution is -2.20. The quantitative estimate of drug-likeness (QED) is 0.392. The Bertz CT molecular complexity index is 928. The number of amides is 1. The van der Waals surface area contributed by atoms with Crippen molar-refractivity contribution < 1.29 is 38.1 Å². The van der Waals surface area contributed by atoms with Crippen LogP contribution in [0, 0.1) is 0 Å². The van der Waals surface area contributed by atoms with E-state index in [0.29, 0.717) is 11.4 Å². The Kier molecular flexibility index (Phi) is 9.83. The number of nitrogens with one attached hydrogen (secondary N) is 1. The van der Waals surface area contributed by atoms with Crippen LogP contribution in [-0.4, -0.2) is 51.9 Å². The van der Waals surface area contributed by atoms with Crippen molar-refractivity contribution in [2.75, 3.05) is 39.4 Å². The van der Waals surface area contributed by atoms with E-state index in [-0.39, 0.29) is 30.3 Å². The minimum atomic E-state index is -0.712. The molecule has 0 bridgehead atoms. The third-order valence-electron chi connectivity index (χ3n) is 4.22. The first kappa shape index (κ1) is 24.5. The minimum Gasteiger partial charge on any atom is -0.495 e. The topological polar surface area (TPSA) is 109 Å². The van der Waals surface area contributed by atoms with E-state index in [4.69, 9.17) is 23.7 Å². The maximum absolute atomic E-state index is 12.2. The van der Waals surface area contributed by atoms with E-state index in [1.165, 1.54) is 32.4 Å². The smallest absolute Gasteiger partial charge is 0.344 e. The molecule has 0 fully saturated rings. The summed E-state index contributed by atoms with van der Waals surface area (Å²) in [6.07, 6.45) is 1.64. The highest BCUT2D eigenvalue weighted by atomic mass is 16.6. The number of carbonyl (C=O) groups is 3. The molecule has 0 saturated carbocycles. The molecule has 0 atom stereocenters. The molecule has 0 aromatic heterocycles. The summed E-state index contributed by atoms with van der Waals surface area (Å²) >= 11 is 0. The van der Waals surface area contributed by atoms with Crippen LogP contribution in [0.15, 0.2) is 42.5 Å². The molecule has 2 rings (SSSR count). The Hall–Kier alpha value is -3.75. The maximum atomic E-state index is 12.2. The van der Waals surface area contributed by atoms with Gasteiger partial charge in [-0.15, -0.1) is 0 Å². The first-order valence-electron chi connectivity index (χ1n) is 10.0. The van der Waals surface area contributed by atoms with E-state index in [9.17, 15) is 14.4 Å². The van der Waals surface area contributed by atoms with Gasteiger partial charge in [-0.05, 0) is 36.8 Å². The molecule has 2 aromatic rings. The van der Waals surface area contributed by atoms with Gasteiger partial charge in [0.25, 0.3) is 5.91 Å². The number of anilines is 1. The summed E-state index contributed by atoms with van der Waals surface area (Å²) < 4.78 is 25.8. The van der Waals surface area contributed by atoms with Gasteiger partial charge in [-0.1, -0.05) is 25.5 Å². The summed E-state index contributed by atoms with van der Waals surface area (Å²) in [7, 11) is 2.91. The average molecular weight is 445 g/mol. The van der Waals surface area contributed by atoms with Gasteiger partial charge >= 0.3 is 11.9 Å². The van der Waals surface area contributed by atoms with Crippen LogP contribution in [0.3, 0.4) is 0 Å². The van der Waals surface area contributed by atoms with Gasteiger partial charge in [-0.25, -0.2) is 9.59 Å². The summed E-state index contributed by atoms with van der Waals surface area (Å²) in [5.74, 6) is -0.707. The van der Waals surface area contributed by atoms with Gasteiger partial charge in [-0.2, -0.15) is 0 Å². The van der Waals surface area contributed by atoms with Gasteiger partial charge in [0.15, 0.2) is 24.7 Å². The number of unbranched alkanes of at least 4 members (excludes halogenated alkanes) is 1. The predicted molar refractivity (Wildman–Crippen MR) is 116 cm³/mol. The van der Waals surface area contributed by atoms with Crippen molar-refractivity contribution in [2.24, 2.45) is 0 Å². The highest BCUT2D eigenvalue weighted by Gasteiger charge is 2.16. The van der Waals surface area contributed by atoms with Crippen molar-refractivity contribution in [3.63, 3.8) is 0 Å². The Morgan fingerprint density at radius 2 is 1.62 bits per heavy atom. The van der Waals surface area contributed by atoms with Crippen molar-refractivity contribution in [3.05, 3.63) is 48.0 Å². The van der Waals surface area contributed by atoms with Crippen LogP contribution < -0.4 is 19.5 Å². The van der Waals surface area contributed by atoms with E-state index in [1.54, 1.807) is 24.3 Å². The second-order valence-electron chi connectivity index (χ2n) is 6.55. The first-order chi connectivity index (χ1) is 15.5. The highest BCUT2D eigenvalue weighted by Crippen LogP contribution is 2.29. The summed E-state index contributed by atoms with van der Waals surface area (Å²) in [5.41, 5.74) is 0.677. The summed E-state index contributed by atoms with van der Waals surface area (Å²) in [6, 6.07) is 11.3. The molecule has 32 heavy (non-hydrogen) atoms. The fraction of sp³-hybridized carbons (Fsp3) is 0.348. The van der Waals surface area contributed by atoms with Gasteiger partial charge in [0.2, 0.25) is 0 Å². The van der Waals surface area contributed by atoms with Crippen LogP contribution in [0.2, 0.25) is 0 Å². The lowest BCUT2D eigenvalue weighted by molar-refractivity contribution is -0.147. The Balaban J connectivity index is 1.91. The van der Waals surface area contributed by atoms with Crippen LogP contribution in [-0.2, 0) is 19.1 Å². The second kappa shape index (κ2) is 12.8. The SMILES string of the molecule is CCCCOC(=O)COC(=O)c1ccc(OCC(=O)Nc2ccccc2OC)c(OC)c1. The number of benzene rings is 2. The minimum absolute atomic E-state index is 0.161. The molecule has 0 heterocycles. The molecule has 0 aliphatic heterocycles. The third kappa shape index (κ3) is 7.50. The Morgan fingerprint density at radius 3 is 2.34 bits per heavy atom. The number of hydrogen-bond acceptors (Lipinski definition) is 8. The van der Waals surface area contributed by atoms with E-state index in [2.05, 4.69) is 5.32 Å². The maximum Gasteiger partial charge on any atom is 0.344 e. The second-order valence-corrected chi connectivity index (χ2v) is 6.55. The van der Waals surface area contributed by atoms with E-state index < -0.39 is 24.5 Å². The normalized spacial score (nSPS) is 10.1. The number of esters is 2. The van der Waals surface area contributed by atoms with Crippen LogP contribution in [0.1, 0.15) is 30.1 Å². The van der Waals surface area contributed by atoms with Gasteiger partial charge < -0.3 is 29.0 Å². The molecule has 1 N–H and O–H groups in total. The first-order valence-corrected chi connectivity index (χ1v) is 10.0. The van der Waals surface area contributed by atoms with Gasteiger partial charge in [0.05, 0.1) is 32.1 Å². The molecule has 2 aromatic carbocycles. The van der Waals surface area contributed by atoms with Gasteiger partial charge in [0.1, 0.15) is 5.75 Å². The summed E-state index contributed by atoms with van der Waals surface area (Å²) in [5, 5.41) is 2.70. The molecular formula is C23H27NO8. The summed E-state index contributed by atoms with van der Waals surface area (Å²) in [6.45, 7) is 1.49. The van der Waals surface area contributed by atoms with E-state index >= 15 is 0 Å². The molecule has 9 nitrogen and oxygen atoms in total. The van der Waals surface area contributed by atoms with Crippen molar-refractivity contribution >= 4 is 23.5 Å². The number of hydrogen-bond donors (Lipinski definition) is 1. The van der Waals surface area contributed by atoms with Crippen molar-refractivity contribution in [2.45, 2.75) is 19.8 Å². The van der Waals surface area contributed by atoms with Crippen LogP contribution in [0.4, 0.5) is 5.69 Å². The zero-order chi connectivity index (χ0) is 23.3. The lowest BCUT2D eigenvalue weighted by Gasteiger charge is -2.13. The molecule has 9 heteroatoms. The monoisotopic (exact) mass is 445 g/mol. The molecule has 172 valence electrons. The van der Waals surface area contributed by atoms with Gasteiger partial charge in [-0.3, -0.25) is 4.79 Å². The van der Waals surface area contributed by atoms with E-state index in [1.807, 2.05) is 6.92 Å². The number of methoxy groups -OCH3 is 2. The Labute approximate surface area is 186 Å². The molecular weight excluding hydrogens is 418 g/mol. The highest BCUT2D eigenvalue weighted by molar-refractivity contribution is 5.93. The molecule has 0 spiro atoms. The molecule has 0 radical (unpaired) electrons. The zero-order valence-corrected chi connectivity index (χ0v) is 18.3. The number of rotatable bonds is 12. The molecule has 0 aliphatic rings. The van der Waals surface area contributed by atoms with Crippen molar-refractivity contribution in [3.8, 4) is 17.2 Å². The van der Waals surface area contributed by atoms with Crippen LogP contribution in [0.5, 0.6) is 17.2 Å². The molecule has 0 aliphatic carbocycles. The van der Waals surface area contributed by atoms with Crippen molar-refractivity contribution in [1.29, 1.82) is 0 Å².